The minimum Gasteiger partial charge on any atom is -1.00 e. The van der Waals surface area contributed by atoms with Gasteiger partial charge < -0.3 is 23.5 Å². The van der Waals surface area contributed by atoms with E-state index >= 15 is 0 Å². The first-order valence-corrected chi connectivity index (χ1v) is 8.45. The molecule has 2 rings (SSSR count). The zero-order valence-corrected chi connectivity index (χ0v) is 15.4. The lowest BCUT2D eigenvalue weighted by atomic mass is 9.74. The highest BCUT2D eigenvalue weighted by Crippen LogP contribution is 2.33. The minimum absolute atomic E-state index is 0. The first-order valence-electron chi connectivity index (χ1n) is 8.45. The van der Waals surface area contributed by atoms with Crippen LogP contribution in [0.5, 0.6) is 0 Å². The van der Waals surface area contributed by atoms with Crippen molar-refractivity contribution in [2.24, 2.45) is 23.5 Å². The molecule has 1 aromatic heterocycles. The van der Waals surface area contributed by atoms with Crippen LogP contribution in [-0.4, -0.2) is 17.9 Å². The molecular weight excluding hydrogens is 326 g/mol. The van der Waals surface area contributed by atoms with Crippen LogP contribution in [-0.2, 0) is 11.3 Å². The maximum absolute atomic E-state index is 12.4. The maximum atomic E-state index is 12.4. The molecule has 1 heterocycles. The van der Waals surface area contributed by atoms with Crippen LogP contribution in [0.2, 0.25) is 0 Å². The van der Waals surface area contributed by atoms with E-state index in [4.69, 9.17) is 5.73 Å². The molecule has 3 N–H and O–H groups in total. The predicted octanol–water partition coefficient (Wildman–Crippen LogP) is -1.35. The fourth-order valence-corrected chi connectivity index (χ4v) is 3.55. The molecule has 1 aromatic rings. The molecule has 0 radical (unpaired) electrons. The zero-order valence-electron chi connectivity index (χ0n) is 14.7. The van der Waals surface area contributed by atoms with Crippen LogP contribution in [0.25, 0.3) is 0 Å². The molecule has 134 valence electrons. The van der Waals surface area contributed by atoms with E-state index in [-0.39, 0.29) is 30.9 Å². The second kappa shape index (κ2) is 9.02. The molecule has 0 saturated heterocycles. The third kappa shape index (κ3) is 5.48. The Kier molecular flexibility index (Phi) is 7.67. The van der Waals surface area contributed by atoms with Crippen molar-refractivity contribution >= 4 is 11.8 Å². The molecule has 24 heavy (non-hydrogen) atoms. The van der Waals surface area contributed by atoms with Crippen molar-refractivity contribution in [3.8, 4) is 0 Å². The lowest BCUT2D eigenvalue weighted by Gasteiger charge is -2.37. The number of amides is 2. The third-order valence-electron chi connectivity index (χ3n) is 4.84. The normalized spacial score (nSPS) is 23.4. The Hall–Kier alpha value is -1.62. The molecule has 1 aliphatic carbocycles. The highest BCUT2D eigenvalue weighted by atomic mass is 35.5. The van der Waals surface area contributed by atoms with Crippen LogP contribution in [0.3, 0.4) is 0 Å². The van der Waals surface area contributed by atoms with Crippen LogP contribution in [0, 0.1) is 17.8 Å². The molecule has 0 bridgehead atoms. The average molecular weight is 354 g/mol. The largest absolute Gasteiger partial charge is 1.00 e. The number of carbonyl (C=O) groups is 2. The number of halogens is 1. The topological polar surface area (TPSA) is 76.1 Å². The van der Waals surface area contributed by atoms with E-state index in [1.807, 2.05) is 0 Å². The fraction of sp³-hybridized carbons (Fsp3) is 0.611. The summed E-state index contributed by atoms with van der Waals surface area (Å²) < 4.78 is 1.70. The Morgan fingerprint density at radius 3 is 2.71 bits per heavy atom. The molecule has 0 spiro atoms. The number of hydrogen-bond acceptors (Lipinski definition) is 2. The van der Waals surface area contributed by atoms with E-state index < -0.39 is 5.91 Å². The number of nitrogens with zero attached hydrogens (tertiary/aromatic N) is 1. The second-order valence-electron chi connectivity index (χ2n) is 7.13. The number of nitrogens with one attached hydrogen (secondary N) is 1. The van der Waals surface area contributed by atoms with E-state index in [2.05, 4.69) is 26.1 Å². The van der Waals surface area contributed by atoms with Gasteiger partial charge in [0.1, 0.15) is 5.56 Å². The van der Waals surface area contributed by atoms with Crippen molar-refractivity contribution in [1.82, 2.24) is 5.32 Å². The molecule has 1 aliphatic rings. The molecule has 6 heteroatoms. The van der Waals surface area contributed by atoms with Crippen molar-refractivity contribution in [2.45, 2.75) is 52.6 Å². The number of aromatic nitrogens is 1. The lowest BCUT2D eigenvalue weighted by molar-refractivity contribution is -0.684. The minimum atomic E-state index is -0.485. The standard InChI is InChI=1S/C18H27N3O2.ClH/c1-12(2)15-7-6-13(3)9-16(15)20-17(22)11-21-8-4-5-14(10-21)18(19)23;/h4-5,8,10,12-13,15-16H,6-7,9,11H2,1-3H3,(H2-,19,20,22,23);1H. The first kappa shape index (κ1) is 20.4. The van der Waals surface area contributed by atoms with E-state index in [1.54, 1.807) is 29.1 Å². The van der Waals surface area contributed by atoms with Gasteiger partial charge in [-0.25, -0.2) is 0 Å². The summed E-state index contributed by atoms with van der Waals surface area (Å²) in [4.78, 5) is 23.6. The summed E-state index contributed by atoms with van der Waals surface area (Å²) in [5, 5.41) is 3.20. The second-order valence-corrected chi connectivity index (χ2v) is 7.13. The molecular formula is C18H28ClN3O2. The van der Waals surface area contributed by atoms with Gasteiger partial charge in [-0.2, -0.15) is 4.57 Å². The molecule has 1 fully saturated rings. The van der Waals surface area contributed by atoms with Crippen LogP contribution < -0.4 is 28.0 Å². The van der Waals surface area contributed by atoms with E-state index in [1.165, 1.54) is 12.8 Å². The summed E-state index contributed by atoms with van der Waals surface area (Å²) >= 11 is 0. The summed E-state index contributed by atoms with van der Waals surface area (Å²) in [6, 6.07) is 3.62. The van der Waals surface area contributed by atoms with Gasteiger partial charge in [-0.05, 0) is 36.7 Å². The van der Waals surface area contributed by atoms with E-state index in [0.29, 0.717) is 23.3 Å². The molecule has 3 atom stereocenters. The van der Waals surface area contributed by atoms with Gasteiger partial charge >= 0.3 is 0 Å². The third-order valence-corrected chi connectivity index (χ3v) is 4.84. The van der Waals surface area contributed by atoms with Gasteiger partial charge in [0.05, 0.1) is 0 Å². The van der Waals surface area contributed by atoms with Gasteiger partial charge in [-0.15, -0.1) is 0 Å². The Labute approximate surface area is 150 Å². The average Bonchev–Trinajstić information content (AvgIpc) is 2.47. The highest BCUT2D eigenvalue weighted by Gasteiger charge is 2.32. The van der Waals surface area contributed by atoms with E-state index in [9.17, 15) is 9.59 Å². The fourth-order valence-electron chi connectivity index (χ4n) is 3.55. The summed E-state index contributed by atoms with van der Waals surface area (Å²) in [5.74, 6) is 1.26. The number of pyridine rings is 1. The van der Waals surface area contributed by atoms with Crippen molar-refractivity contribution < 1.29 is 26.6 Å². The zero-order chi connectivity index (χ0) is 17.0. The van der Waals surface area contributed by atoms with Gasteiger partial charge in [-0.1, -0.05) is 27.2 Å². The smallest absolute Gasteiger partial charge is 0.286 e. The molecule has 5 nitrogen and oxygen atoms in total. The number of hydrogen-bond donors (Lipinski definition) is 2. The van der Waals surface area contributed by atoms with Crippen molar-refractivity contribution in [1.29, 1.82) is 0 Å². The Bertz CT molecular complexity index is 577. The highest BCUT2D eigenvalue weighted by molar-refractivity contribution is 5.92. The SMILES string of the molecule is CC1CCC(C(C)C)C(NC(=O)C[n+]2cccc(C(N)=O)c2)C1.[Cl-]. The predicted molar refractivity (Wildman–Crippen MR) is 88.4 cm³/mol. The Balaban J connectivity index is 0.00000288. The molecule has 1 saturated carbocycles. The van der Waals surface area contributed by atoms with Crippen LogP contribution >= 0.6 is 0 Å². The number of rotatable bonds is 5. The van der Waals surface area contributed by atoms with Crippen molar-refractivity contribution in [3.05, 3.63) is 30.1 Å². The van der Waals surface area contributed by atoms with Crippen molar-refractivity contribution in [2.75, 3.05) is 0 Å². The maximum Gasteiger partial charge on any atom is 0.286 e. The Morgan fingerprint density at radius 2 is 2.08 bits per heavy atom. The first-order chi connectivity index (χ1) is 10.9. The van der Waals surface area contributed by atoms with Crippen molar-refractivity contribution in [3.63, 3.8) is 0 Å². The molecule has 0 aromatic carbocycles. The molecule has 3 unspecified atom stereocenters. The number of nitrogens with two attached hydrogens (primary N) is 1. The summed E-state index contributed by atoms with van der Waals surface area (Å²) in [5.41, 5.74) is 5.69. The Morgan fingerprint density at radius 1 is 1.38 bits per heavy atom. The van der Waals surface area contributed by atoms with Gasteiger partial charge in [0.15, 0.2) is 12.4 Å². The summed E-state index contributed by atoms with van der Waals surface area (Å²) in [7, 11) is 0. The monoisotopic (exact) mass is 353 g/mol. The number of primary amides is 1. The van der Waals surface area contributed by atoms with Gasteiger partial charge in [0, 0.05) is 12.1 Å². The van der Waals surface area contributed by atoms with Crippen LogP contribution in [0.15, 0.2) is 24.5 Å². The van der Waals surface area contributed by atoms with Crippen LogP contribution in [0.1, 0.15) is 50.4 Å². The quantitative estimate of drug-likeness (QED) is 0.642. The number of carbonyl (C=O) groups excluding carboxylic acids is 2. The summed E-state index contributed by atoms with van der Waals surface area (Å²) in [6.45, 7) is 6.91. The van der Waals surface area contributed by atoms with Gasteiger partial charge in [-0.3, -0.25) is 9.59 Å². The molecule has 2 amide bonds. The van der Waals surface area contributed by atoms with Crippen LogP contribution in [0.4, 0.5) is 0 Å². The van der Waals surface area contributed by atoms with E-state index in [0.717, 1.165) is 6.42 Å². The lowest BCUT2D eigenvalue weighted by Crippen LogP contribution is -3.00. The summed E-state index contributed by atoms with van der Waals surface area (Å²) in [6.07, 6.45) is 6.85. The molecule has 0 aliphatic heterocycles. The van der Waals surface area contributed by atoms with Gasteiger partial charge in [0.2, 0.25) is 6.54 Å². The van der Waals surface area contributed by atoms with Gasteiger partial charge in [0.25, 0.3) is 11.8 Å².